The first-order chi connectivity index (χ1) is 14.0. The van der Waals surface area contributed by atoms with E-state index in [0.29, 0.717) is 24.9 Å². The molecule has 0 bridgehead atoms. The SMILES string of the molecule is O=C(O)CCN1C(=O)[C@@H](NC(=O)C(S)Cc2ccccc2)CCc2ccccc21. The molecule has 0 radical (unpaired) electrons. The van der Waals surface area contributed by atoms with Crippen molar-refractivity contribution in [3.63, 3.8) is 0 Å². The molecule has 1 heterocycles. The summed E-state index contributed by atoms with van der Waals surface area (Å²) in [5, 5.41) is 11.3. The summed E-state index contributed by atoms with van der Waals surface area (Å²) in [7, 11) is 0. The third-order valence-corrected chi connectivity index (χ3v) is 5.41. The van der Waals surface area contributed by atoms with Crippen LogP contribution in [0.4, 0.5) is 5.69 Å². The number of benzene rings is 2. The zero-order valence-electron chi connectivity index (χ0n) is 16.0. The molecule has 152 valence electrons. The average Bonchev–Trinajstić information content (AvgIpc) is 2.84. The van der Waals surface area contributed by atoms with E-state index in [-0.39, 0.29) is 24.8 Å². The van der Waals surface area contributed by atoms with Gasteiger partial charge in [0.05, 0.1) is 11.7 Å². The standard InChI is InChI=1S/C22H24N2O4S/c25-20(26)12-13-24-18-9-5-4-8-16(18)10-11-17(22(24)28)23-21(27)19(29)14-15-6-2-1-3-7-15/h1-9,17,19,29H,10-14H2,(H,23,27)(H,25,26)/t17-,19?/m0/s1. The Kier molecular flexibility index (Phi) is 6.93. The molecule has 1 aliphatic rings. The van der Waals surface area contributed by atoms with Crippen molar-refractivity contribution in [2.24, 2.45) is 0 Å². The van der Waals surface area contributed by atoms with Gasteiger partial charge < -0.3 is 15.3 Å². The molecule has 0 saturated heterocycles. The van der Waals surface area contributed by atoms with Crippen molar-refractivity contribution in [3.8, 4) is 0 Å². The summed E-state index contributed by atoms with van der Waals surface area (Å²) in [5.74, 6) is -1.57. The first-order valence-corrected chi connectivity index (χ1v) is 10.1. The highest BCUT2D eigenvalue weighted by atomic mass is 32.1. The minimum Gasteiger partial charge on any atom is -0.481 e. The number of carbonyl (C=O) groups is 3. The van der Waals surface area contributed by atoms with Gasteiger partial charge in [-0.3, -0.25) is 14.4 Å². The Morgan fingerprint density at radius 3 is 2.55 bits per heavy atom. The van der Waals surface area contributed by atoms with Gasteiger partial charge in [0.1, 0.15) is 6.04 Å². The number of rotatable bonds is 7. The maximum atomic E-state index is 13.1. The van der Waals surface area contributed by atoms with Gasteiger partial charge in [0.25, 0.3) is 0 Å². The largest absolute Gasteiger partial charge is 0.481 e. The Hall–Kier alpha value is -2.80. The van der Waals surface area contributed by atoms with Crippen molar-refractivity contribution in [1.82, 2.24) is 5.32 Å². The van der Waals surface area contributed by atoms with Crippen LogP contribution < -0.4 is 10.2 Å². The Morgan fingerprint density at radius 2 is 1.83 bits per heavy atom. The minimum atomic E-state index is -0.974. The molecule has 2 aromatic rings. The molecule has 2 aromatic carbocycles. The van der Waals surface area contributed by atoms with Gasteiger partial charge in [-0.2, -0.15) is 12.6 Å². The van der Waals surface area contributed by atoms with E-state index < -0.39 is 17.3 Å². The van der Waals surface area contributed by atoms with Crippen LogP contribution in [0.3, 0.4) is 0 Å². The highest BCUT2D eigenvalue weighted by molar-refractivity contribution is 7.81. The summed E-state index contributed by atoms with van der Waals surface area (Å²) >= 11 is 4.42. The number of carboxylic acids is 1. The van der Waals surface area contributed by atoms with Crippen LogP contribution in [-0.4, -0.2) is 40.7 Å². The van der Waals surface area contributed by atoms with Crippen LogP contribution in [0.25, 0.3) is 0 Å². The van der Waals surface area contributed by atoms with Crippen LogP contribution in [0.5, 0.6) is 0 Å². The van der Waals surface area contributed by atoms with Gasteiger partial charge in [-0.05, 0) is 36.5 Å². The maximum absolute atomic E-state index is 13.1. The fourth-order valence-corrected chi connectivity index (χ4v) is 3.77. The second-order valence-electron chi connectivity index (χ2n) is 7.07. The van der Waals surface area contributed by atoms with Gasteiger partial charge in [0.15, 0.2) is 0 Å². The third-order valence-electron chi connectivity index (χ3n) is 4.99. The van der Waals surface area contributed by atoms with Crippen molar-refractivity contribution in [2.45, 2.75) is 37.0 Å². The molecule has 1 aliphatic heterocycles. The van der Waals surface area contributed by atoms with Crippen LogP contribution >= 0.6 is 12.6 Å². The number of fused-ring (bicyclic) bond motifs is 1. The van der Waals surface area contributed by atoms with Crippen LogP contribution in [-0.2, 0) is 27.2 Å². The van der Waals surface area contributed by atoms with Crippen molar-refractivity contribution in [3.05, 3.63) is 65.7 Å². The molecule has 0 fully saturated rings. The summed E-state index contributed by atoms with van der Waals surface area (Å²) in [6, 6.07) is 16.3. The number of hydrogen-bond acceptors (Lipinski definition) is 4. The average molecular weight is 413 g/mol. The second kappa shape index (κ2) is 9.60. The van der Waals surface area contributed by atoms with Crippen LogP contribution in [0.1, 0.15) is 24.0 Å². The van der Waals surface area contributed by atoms with Gasteiger partial charge >= 0.3 is 5.97 Å². The van der Waals surface area contributed by atoms with E-state index in [0.717, 1.165) is 11.1 Å². The van der Waals surface area contributed by atoms with E-state index in [1.165, 1.54) is 4.90 Å². The monoisotopic (exact) mass is 412 g/mol. The number of aryl methyl sites for hydroxylation is 1. The van der Waals surface area contributed by atoms with Crippen molar-refractivity contribution in [1.29, 1.82) is 0 Å². The summed E-state index contributed by atoms with van der Waals surface area (Å²) in [6.07, 6.45) is 1.37. The fourth-order valence-electron chi connectivity index (χ4n) is 3.49. The van der Waals surface area contributed by atoms with E-state index in [1.807, 2.05) is 54.6 Å². The van der Waals surface area contributed by atoms with Crippen molar-refractivity contribution < 1.29 is 19.5 Å². The molecule has 7 heteroatoms. The van der Waals surface area contributed by atoms with Gasteiger partial charge in [-0.25, -0.2) is 0 Å². The Morgan fingerprint density at radius 1 is 1.14 bits per heavy atom. The number of amides is 2. The maximum Gasteiger partial charge on any atom is 0.305 e. The molecular formula is C22H24N2O4S. The number of carboxylic acid groups (broad SMARTS) is 1. The lowest BCUT2D eigenvalue weighted by Gasteiger charge is -2.26. The quantitative estimate of drug-likeness (QED) is 0.610. The van der Waals surface area contributed by atoms with E-state index in [1.54, 1.807) is 0 Å². The molecule has 3 rings (SSSR count). The van der Waals surface area contributed by atoms with E-state index in [2.05, 4.69) is 17.9 Å². The predicted octanol–water partition coefficient (Wildman–Crippen LogP) is 2.47. The summed E-state index contributed by atoms with van der Waals surface area (Å²) in [6.45, 7) is 0.0614. The number of nitrogens with zero attached hydrogens (tertiary/aromatic N) is 1. The zero-order chi connectivity index (χ0) is 20.8. The summed E-state index contributed by atoms with van der Waals surface area (Å²) in [4.78, 5) is 38.3. The lowest BCUT2D eigenvalue weighted by molar-refractivity contribution is -0.136. The summed E-state index contributed by atoms with van der Waals surface area (Å²) in [5.41, 5.74) is 2.67. The van der Waals surface area contributed by atoms with Crippen LogP contribution in [0, 0.1) is 0 Å². The van der Waals surface area contributed by atoms with Gasteiger partial charge in [0.2, 0.25) is 11.8 Å². The normalized spacial score (nSPS) is 17.2. The molecule has 0 saturated carbocycles. The first kappa shape index (κ1) is 20.9. The lowest BCUT2D eigenvalue weighted by Crippen LogP contribution is -2.50. The number of nitrogens with one attached hydrogen (secondary N) is 1. The van der Waals surface area contributed by atoms with E-state index in [4.69, 9.17) is 5.11 Å². The van der Waals surface area contributed by atoms with E-state index in [9.17, 15) is 14.4 Å². The Balaban J connectivity index is 1.73. The summed E-state index contributed by atoms with van der Waals surface area (Å²) < 4.78 is 0. The minimum absolute atomic E-state index is 0.0614. The van der Waals surface area contributed by atoms with E-state index >= 15 is 0 Å². The zero-order valence-corrected chi connectivity index (χ0v) is 16.8. The molecule has 2 atom stereocenters. The molecule has 1 unspecified atom stereocenters. The molecule has 2 N–H and O–H groups in total. The molecule has 0 aromatic heterocycles. The van der Waals surface area contributed by atoms with Gasteiger partial charge in [0, 0.05) is 12.2 Å². The molecule has 29 heavy (non-hydrogen) atoms. The number of thiol groups is 1. The molecule has 6 nitrogen and oxygen atoms in total. The Labute approximate surface area is 175 Å². The Bertz CT molecular complexity index is 887. The van der Waals surface area contributed by atoms with Crippen molar-refractivity contribution >= 4 is 36.1 Å². The lowest BCUT2D eigenvalue weighted by atomic mass is 10.1. The predicted molar refractivity (Wildman–Crippen MR) is 114 cm³/mol. The molecule has 0 spiro atoms. The first-order valence-electron chi connectivity index (χ1n) is 9.59. The van der Waals surface area contributed by atoms with Crippen LogP contribution in [0.15, 0.2) is 54.6 Å². The number of aliphatic carboxylic acids is 1. The molecule has 0 aliphatic carbocycles. The smallest absolute Gasteiger partial charge is 0.305 e. The number of anilines is 1. The van der Waals surface area contributed by atoms with Crippen molar-refractivity contribution in [2.75, 3.05) is 11.4 Å². The molecular weight excluding hydrogens is 388 g/mol. The topological polar surface area (TPSA) is 86.7 Å². The fraction of sp³-hybridized carbons (Fsp3) is 0.318. The third kappa shape index (κ3) is 5.38. The number of para-hydroxylation sites is 1. The van der Waals surface area contributed by atoms with Crippen LogP contribution in [0.2, 0.25) is 0 Å². The highest BCUT2D eigenvalue weighted by Crippen LogP contribution is 2.27. The van der Waals surface area contributed by atoms with Gasteiger partial charge in [-0.15, -0.1) is 0 Å². The number of carbonyl (C=O) groups excluding carboxylic acids is 2. The molecule has 2 amide bonds. The van der Waals surface area contributed by atoms with Gasteiger partial charge in [-0.1, -0.05) is 48.5 Å². The second-order valence-corrected chi connectivity index (χ2v) is 7.69. The number of hydrogen-bond donors (Lipinski definition) is 3. The highest BCUT2D eigenvalue weighted by Gasteiger charge is 2.32.